The summed E-state index contributed by atoms with van der Waals surface area (Å²) >= 11 is 0. The van der Waals surface area contributed by atoms with Crippen LogP contribution in [0.2, 0.25) is 0 Å². The summed E-state index contributed by atoms with van der Waals surface area (Å²) in [6, 6.07) is 19.5. The second-order valence-corrected chi connectivity index (χ2v) is 8.35. The van der Waals surface area contributed by atoms with Crippen molar-refractivity contribution in [2.24, 2.45) is 5.92 Å². The largest absolute Gasteiger partial charge is 0.342 e. The third kappa shape index (κ3) is 4.82. The Balaban J connectivity index is 1.28. The molecule has 0 spiro atoms. The van der Waals surface area contributed by atoms with Crippen LogP contribution >= 0.6 is 0 Å². The number of amides is 1. The fraction of sp³-hybridized carbons (Fsp3) is 0.480. The minimum Gasteiger partial charge on any atom is -0.342 e. The molecule has 3 heteroatoms. The van der Waals surface area contributed by atoms with Gasteiger partial charge >= 0.3 is 0 Å². The molecule has 3 nitrogen and oxygen atoms in total. The SMILES string of the molecule is O=C(C1CCN(Cc2ccc(-c3ccccc3)cc2)CC1)N1CCCCCC1. The monoisotopic (exact) mass is 376 g/mol. The van der Waals surface area contributed by atoms with Gasteiger partial charge in [-0.05, 0) is 55.5 Å². The van der Waals surface area contributed by atoms with E-state index < -0.39 is 0 Å². The summed E-state index contributed by atoms with van der Waals surface area (Å²) in [5.74, 6) is 0.670. The lowest BCUT2D eigenvalue weighted by atomic mass is 9.94. The van der Waals surface area contributed by atoms with Crippen LogP contribution in [-0.2, 0) is 11.3 Å². The van der Waals surface area contributed by atoms with E-state index in [-0.39, 0.29) is 5.92 Å². The lowest BCUT2D eigenvalue weighted by Gasteiger charge is -2.34. The maximum atomic E-state index is 12.9. The second kappa shape index (κ2) is 9.38. The van der Waals surface area contributed by atoms with Crippen molar-refractivity contribution < 1.29 is 4.79 Å². The van der Waals surface area contributed by atoms with Crippen LogP contribution in [0, 0.1) is 5.92 Å². The molecule has 2 saturated heterocycles. The molecule has 0 atom stereocenters. The molecule has 2 aromatic rings. The van der Waals surface area contributed by atoms with Gasteiger partial charge in [0.1, 0.15) is 0 Å². The first-order valence-corrected chi connectivity index (χ1v) is 10.9. The zero-order valence-corrected chi connectivity index (χ0v) is 16.9. The second-order valence-electron chi connectivity index (χ2n) is 8.35. The third-order valence-electron chi connectivity index (χ3n) is 6.32. The normalized spacial score (nSPS) is 19.4. The van der Waals surface area contributed by atoms with Crippen molar-refractivity contribution in [2.45, 2.75) is 45.1 Å². The van der Waals surface area contributed by atoms with Crippen LogP contribution < -0.4 is 0 Å². The van der Waals surface area contributed by atoms with Gasteiger partial charge in [-0.15, -0.1) is 0 Å². The number of carbonyl (C=O) groups excluding carboxylic acids is 1. The maximum Gasteiger partial charge on any atom is 0.225 e. The van der Waals surface area contributed by atoms with Crippen molar-refractivity contribution in [2.75, 3.05) is 26.2 Å². The van der Waals surface area contributed by atoms with E-state index in [2.05, 4.69) is 64.4 Å². The molecule has 0 bridgehead atoms. The van der Waals surface area contributed by atoms with Crippen molar-refractivity contribution >= 4 is 5.91 Å². The molecule has 2 heterocycles. The van der Waals surface area contributed by atoms with E-state index >= 15 is 0 Å². The first kappa shape index (κ1) is 19.2. The number of nitrogens with zero attached hydrogens (tertiary/aromatic N) is 2. The molecule has 0 N–H and O–H groups in total. The van der Waals surface area contributed by atoms with Crippen molar-refractivity contribution in [1.82, 2.24) is 9.80 Å². The van der Waals surface area contributed by atoms with Crippen LogP contribution in [-0.4, -0.2) is 41.9 Å². The third-order valence-corrected chi connectivity index (χ3v) is 6.32. The van der Waals surface area contributed by atoms with Crippen LogP contribution in [0.3, 0.4) is 0 Å². The van der Waals surface area contributed by atoms with Crippen LogP contribution in [0.1, 0.15) is 44.1 Å². The summed E-state index contributed by atoms with van der Waals surface area (Å²) in [6.45, 7) is 5.01. The van der Waals surface area contributed by atoms with E-state index in [0.29, 0.717) is 5.91 Å². The number of likely N-dealkylation sites (tertiary alicyclic amines) is 2. The number of hydrogen-bond donors (Lipinski definition) is 0. The van der Waals surface area contributed by atoms with Crippen LogP contribution in [0.5, 0.6) is 0 Å². The van der Waals surface area contributed by atoms with Gasteiger partial charge < -0.3 is 4.90 Å². The van der Waals surface area contributed by atoms with Crippen LogP contribution in [0.15, 0.2) is 54.6 Å². The minimum absolute atomic E-state index is 0.245. The predicted octanol–water partition coefficient (Wildman–Crippen LogP) is 4.97. The molecule has 0 saturated carbocycles. The van der Waals surface area contributed by atoms with E-state index in [9.17, 15) is 4.79 Å². The summed E-state index contributed by atoms with van der Waals surface area (Å²) in [5.41, 5.74) is 3.89. The van der Waals surface area contributed by atoms with Gasteiger partial charge in [0.25, 0.3) is 0 Å². The maximum absolute atomic E-state index is 12.9. The number of carbonyl (C=O) groups is 1. The number of hydrogen-bond acceptors (Lipinski definition) is 2. The lowest BCUT2D eigenvalue weighted by molar-refractivity contribution is -0.137. The zero-order valence-electron chi connectivity index (χ0n) is 16.9. The Kier molecular flexibility index (Phi) is 6.43. The van der Waals surface area contributed by atoms with E-state index in [1.807, 2.05) is 0 Å². The summed E-state index contributed by atoms with van der Waals surface area (Å²) in [4.78, 5) is 17.5. The van der Waals surface area contributed by atoms with Gasteiger partial charge in [0.2, 0.25) is 5.91 Å². The van der Waals surface area contributed by atoms with Gasteiger partial charge in [-0.1, -0.05) is 67.4 Å². The van der Waals surface area contributed by atoms with Crippen LogP contribution in [0.4, 0.5) is 0 Å². The predicted molar refractivity (Wildman–Crippen MR) is 115 cm³/mol. The quantitative estimate of drug-likeness (QED) is 0.752. The number of benzene rings is 2. The smallest absolute Gasteiger partial charge is 0.225 e. The first-order chi connectivity index (χ1) is 13.8. The Morgan fingerprint density at radius 2 is 1.36 bits per heavy atom. The highest BCUT2D eigenvalue weighted by atomic mass is 16.2. The van der Waals surface area contributed by atoms with Crippen molar-refractivity contribution in [1.29, 1.82) is 0 Å². The van der Waals surface area contributed by atoms with E-state index in [4.69, 9.17) is 0 Å². The molecule has 28 heavy (non-hydrogen) atoms. The molecule has 0 unspecified atom stereocenters. The molecule has 0 aliphatic carbocycles. The summed E-state index contributed by atoms with van der Waals surface area (Å²) < 4.78 is 0. The Hall–Kier alpha value is -2.13. The Bertz CT molecular complexity index is 740. The highest BCUT2D eigenvalue weighted by molar-refractivity contribution is 5.79. The molecule has 2 aromatic carbocycles. The molecular formula is C25H32N2O. The summed E-state index contributed by atoms with van der Waals surface area (Å²) in [6.07, 6.45) is 6.96. The van der Waals surface area contributed by atoms with Crippen molar-refractivity contribution in [3.63, 3.8) is 0 Å². The fourth-order valence-electron chi connectivity index (χ4n) is 4.58. The molecule has 1 amide bonds. The summed E-state index contributed by atoms with van der Waals surface area (Å²) in [5, 5.41) is 0. The zero-order chi connectivity index (χ0) is 19.2. The highest BCUT2D eigenvalue weighted by Crippen LogP contribution is 2.24. The molecule has 0 radical (unpaired) electrons. The fourth-order valence-corrected chi connectivity index (χ4v) is 4.58. The van der Waals surface area contributed by atoms with Gasteiger partial charge in [0, 0.05) is 25.6 Å². The average Bonchev–Trinajstić information content (AvgIpc) is 3.05. The molecule has 148 valence electrons. The minimum atomic E-state index is 0.245. The molecule has 2 fully saturated rings. The van der Waals surface area contributed by atoms with Crippen LogP contribution in [0.25, 0.3) is 11.1 Å². The average molecular weight is 377 g/mol. The lowest BCUT2D eigenvalue weighted by Crippen LogP contribution is -2.42. The molecule has 2 aliphatic heterocycles. The van der Waals surface area contributed by atoms with E-state index in [0.717, 1.165) is 45.6 Å². The van der Waals surface area contributed by atoms with E-state index in [1.54, 1.807) is 0 Å². The van der Waals surface area contributed by atoms with Gasteiger partial charge in [0.15, 0.2) is 0 Å². The molecule has 2 aliphatic rings. The molecule has 4 rings (SSSR count). The van der Waals surface area contributed by atoms with Gasteiger partial charge in [-0.3, -0.25) is 9.69 Å². The van der Waals surface area contributed by atoms with Gasteiger partial charge in [0.05, 0.1) is 0 Å². The number of rotatable bonds is 4. The standard InChI is InChI=1S/C25H32N2O/c28-25(27-16-6-1-2-7-17-27)24-14-18-26(19-15-24)20-21-10-12-23(13-11-21)22-8-4-3-5-9-22/h3-5,8-13,24H,1-2,6-7,14-20H2. The first-order valence-electron chi connectivity index (χ1n) is 10.9. The molecule has 0 aromatic heterocycles. The number of piperidine rings is 1. The molecular weight excluding hydrogens is 344 g/mol. The van der Waals surface area contributed by atoms with Crippen molar-refractivity contribution in [3.8, 4) is 11.1 Å². The van der Waals surface area contributed by atoms with Crippen molar-refractivity contribution in [3.05, 3.63) is 60.2 Å². The topological polar surface area (TPSA) is 23.6 Å². The van der Waals surface area contributed by atoms with E-state index in [1.165, 1.54) is 42.4 Å². The van der Waals surface area contributed by atoms with Gasteiger partial charge in [-0.25, -0.2) is 0 Å². The Morgan fingerprint density at radius 1 is 0.750 bits per heavy atom. The van der Waals surface area contributed by atoms with Gasteiger partial charge in [-0.2, -0.15) is 0 Å². The Labute approximate surface area is 169 Å². The Morgan fingerprint density at radius 3 is 2.00 bits per heavy atom. The summed E-state index contributed by atoms with van der Waals surface area (Å²) in [7, 11) is 0. The highest BCUT2D eigenvalue weighted by Gasteiger charge is 2.28.